The van der Waals surface area contributed by atoms with Crippen molar-refractivity contribution in [1.82, 2.24) is 4.90 Å². The quantitative estimate of drug-likeness (QED) is 0.410. The highest BCUT2D eigenvalue weighted by molar-refractivity contribution is 8.03. The maximum Gasteiger partial charge on any atom is 0.269 e. The van der Waals surface area contributed by atoms with Crippen LogP contribution in [-0.2, 0) is 5.41 Å². The summed E-state index contributed by atoms with van der Waals surface area (Å²) in [6.45, 7) is 14.6. The van der Waals surface area contributed by atoms with Crippen molar-refractivity contribution in [1.29, 1.82) is 0 Å². The van der Waals surface area contributed by atoms with Gasteiger partial charge < -0.3 is 4.90 Å². The lowest BCUT2D eigenvalue weighted by atomic mass is 9.76. The fraction of sp³-hybridized carbons (Fsp3) is 0.333. The van der Waals surface area contributed by atoms with Gasteiger partial charge in [-0.1, -0.05) is 68.6 Å². The molecule has 29 heavy (non-hydrogen) atoms. The summed E-state index contributed by atoms with van der Waals surface area (Å²) in [5.74, 6) is 0. The van der Waals surface area contributed by atoms with Gasteiger partial charge in [-0.05, 0) is 42.2 Å². The number of hydrogen-bond acceptors (Lipinski definition) is 4. The van der Waals surface area contributed by atoms with Crippen molar-refractivity contribution >= 4 is 17.4 Å². The zero-order valence-corrected chi connectivity index (χ0v) is 18.3. The Morgan fingerprint density at radius 2 is 2.00 bits per heavy atom. The third kappa shape index (κ3) is 4.40. The van der Waals surface area contributed by atoms with Crippen LogP contribution in [0, 0.1) is 17.0 Å². The van der Waals surface area contributed by atoms with Gasteiger partial charge >= 0.3 is 0 Å². The lowest BCUT2D eigenvalue weighted by molar-refractivity contribution is -0.385. The molecule has 1 aliphatic rings. The number of non-ortho nitro benzene ring substituents is 1. The summed E-state index contributed by atoms with van der Waals surface area (Å²) < 4.78 is 0. The van der Waals surface area contributed by atoms with Gasteiger partial charge in [0.1, 0.15) is 0 Å². The van der Waals surface area contributed by atoms with Gasteiger partial charge in [0.15, 0.2) is 0 Å². The molecular formula is C24H28N2O2S. The Hall–Kier alpha value is -2.53. The summed E-state index contributed by atoms with van der Waals surface area (Å²) in [7, 11) is 0. The number of nitrogens with zero attached hydrogens (tertiary/aromatic N) is 2. The molecule has 0 amide bonds. The van der Waals surface area contributed by atoms with Crippen LogP contribution in [0.3, 0.4) is 0 Å². The van der Waals surface area contributed by atoms with E-state index in [1.807, 2.05) is 30.8 Å². The Balaban J connectivity index is 1.90. The van der Waals surface area contributed by atoms with Crippen molar-refractivity contribution in [3.63, 3.8) is 0 Å². The van der Waals surface area contributed by atoms with E-state index >= 15 is 0 Å². The van der Waals surface area contributed by atoms with Gasteiger partial charge in [-0.15, -0.1) is 0 Å². The third-order valence-corrected chi connectivity index (χ3v) is 7.04. The first kappa shape index (κ1) is 21.2. The maximum absolute atomic E-state index is 11.3. The summed E-state index contributed by atoms with van der Waals surface area (Å²) >= 11 is 1.87. The Kier molecular flexibility index (Phi) is 6.18. The molecule has 2 aromatic carbocycles. The molecule has 4 nitrogen and oxygen atoms in total. The second kappa shape index (κ2) is 8.46. The first-order valence-electron chi connectivity index (χ1n) is 9.87. The van der Waals surface area contributed by atoms with E-state index in [4.69, 9.17) is 0 Å². The lowest BCUT2D eigenvalue weighted by Gasteiger charge is -2.29. The number of aryl methyl sites for hydroxylation is 1. The fourth-order valence-corrected chi connectivity index (χ4v) is 5.10. The van der Waals surface area contributed by atoms with E-state index in [0.717, 1.165) is 29.8 Å². The lowest BCUT2D eigenvalue weighted by Crippen LogP contribution is -2.22. The molecule has 1 fully saturated rings. The highest BCUT2D eigenvalue weighted by Gasteiger charge is 2.31. The van der Waals surface area contributed by atoms with Crippen LogP contribution in [0.15, 0.2) is 71.8 Å². The number of likely N-dealkylation sites (N-methyl/N-ethyl adjacent to an activating group) is 1. The highest BCUT2D eigenvalue weighted by atomic mass is 32.2. The maximum atomic E-state index is 11.3. The average molecular weight is 409 g/mol. The van der Waals surface area contributed by atoms with Crippen molar-refractivity contribution in [2.45, 2.75) is 38.4 Å². The highest BCUT2D eigenvalue weighted by Crippen LogP contribution is 2.45. The molecule has 5 heteroatoms. The number of nitro groups is 1. The molecule has 1 aliphatic heterocycles. The minimum atomic E-state index is -0.409. The standard InChI is InChI=1S/C24H28N2O2S/c1-6-25-16-22(19-10-8-7-9-11-19)29-23(25)14-18(3)24(4,5)21-15-20(26(27)28)13-12-17(21)2/h7-15,22H,3,6,16H2,1-2,4-5H3/b23-14-. The molecule has 2 aromatic rings. The third-order valence-electron chi connectivity index (χ3n) is 5.72. The molecule has 1 atom stereocenters. The molecule has 0 bridgehead atoms. The van der Waals surface area contributed by atoms with Crippen molar-refractivity contribution in [2.75, 3.05) is 13.1 Å². The summed E-state index contributed by atoms with van der Waals surface area (Å²) in [4.78, 5) is 13.3. The van der Waals surface area contributed by atoms with E-state index in [2.05, 4.69) is 62.6 Å². The Bertz CT molecular complexity index is 951. The first-order chi connectivity index (χ1) is 13.7. The van der Waals surface area contributed by atoms with Gasteiger partial charge in [-0.3, -0.25) is 10.1 Å². The molecule has 0 aliphatic carbocycles. The smallest absolute Gasteiger partial charge is 0.269 e. The van der Waals surface area contributed by atoms with Gasteiger partial charge in [0.2, 0.25) is 0 Å². The number of nitro benzene ring substituents is 1. The van der Waals surface area contributed by atoms with E-state index in [-0.39, 0.29) is 10.6 Å². The molecule has 0 radical (unpaired) electrons. The van der Waals surface area contributed by atoms with Crippen LogP contribution < -0.4 is 0 Å². The number of thioether (sulfide) groups is 1. The van der Waals surface area contributed by atoms with E-state index in [1.165, 1.54) is 10.6 Å². The van der Waals surface area contributed by atoms with Crippen LogP contribution in [0.5, 0.6) is 0 Å². The minimum absolute atomic E-state index is 0.119. The van der Waals surface area contributed by atoms with Gasteiger partial charge in [0.25, 0.3) is 5.69 Å². The van der Waals surface area contributed by atoms with Crippen molar-refractivity contribution < 1.29 is 4.92 Å². The number of rotatable bonds is 6. The summed E-state index contributed by atoms with van der Waals surface area (Å²) in [5.41, 5.74) is 3.98. The van der Waals surface area contributed by atoms with Gasteiger partial charge in [0, 0.05) is 30.6 Å². The molecule has 0 N–H and O–H groups in total. The molecule has 3 rings (SSSR count). The van der Waals surface area contributed by atoms with Crippen molar-refractivity contribution in [2.24, 2.45) is 0 Å². The molecule has 0 aromatic heterocycles. The monoisotopic (exact) mass is 408 g/mol. The van der Waals surface area contributed by atoms with E-state index in [9.17, 15) is 10.1 Å². The molecular weight excluding hydrogens is 380 g/mol. The van der Waals surface area contributed by atoms with Gasteiger partial charge in [0.05, 0.1) is 15.2 Å². The Labute approximate surface area is 177 Å². The topological polar surface area (TPSA) is 46.4 Å². The van der Waals surface area contributed by atoms with E-state index in [0.29, 0.717) is 5.25 Å². The fourth-order valence-electron chi connectivity index (χ4n) is 3.70. The zero-order valence-electron chi connectivity index (χ0n) is 17.5. The summed E-state index contributed by atoms with van der Waals surface area (Å²) in [6, 6.07) is 15.6. The SMILES string of the molecule is C=C(/C=C1\SC(c2ccccc2)CN1CC)C(C)(C)c1cc([N+](=O)[O-])ccc1C. The van der Waals surface area contributed by atoms with Gasteiger partial charge in [-0.2, -0.15) is 0 Å². The van der Waals surface area contributed by atoms with Crippen LogP contribution in [0.25, 0.3) is 0 Å². The minimum Gasteiger partial charge on any atom is -0.365 e. The van der Waals surface area contributed by atoms with Crippen LogP contribution in [-0.4, -0.2) is 22.9 Å². The molecule has 1 unspecified atom stereocenters. The van der Waals surface area contributed by atoms with E-state index in [1.54, 1.807) is 12.1 Å². The molecule has 0 saturated carbocycles. The molecule has 152 valence electrons. The summed E-state index contributed by atoms with van der Waals surface area (Å²) in [5, 5.41) is 12.9. The van der Waals surface area contributed by atoms with Crippen LogP contribution in [0.2, 0.25) is 0 Å². The second-order valence-corrected chi connectivity index (χ2v) is 9.17. The number of allylic oxidation sites excluding steroid dienone is 2. The Morgan fingerprint density at radius 3 is 2.62 bits per heavy atom. The summed E-state index contributed by atoms with van der Waals surface area (Å²) in [6.07, 6.45) is 2.16. The van der Waals surface area contributed by atoms with Crippen LogP contribution >= 0.6 is 11.8 Å². The predicted octanol–water partition coefficient (Wildman–Crippen LogP) is 6.39. The van der Waals surface area contributed by atoms with Crippen molar-refractivity contribution in [3.05, 3.63) is 98.6 Å². The van der Waals surface area contributed by atoms with E-state index < -0.39 is 5.41 Å². The zero-order chi connectivity index (χ0) is 21.2. The van der Waals surface area contributed by atoms with Crippen LogP contribution in [0.4, 0.5) is 5.69 Å². The Morgan fingerprint density at radius 1 is 1.31 bits per heavy atom. The first-order valence-corrected chi connectivity index (χ1v) is 10.7. The largest absolute Gasteiger partial charge is 0.365 e. The normalized spacial score (nSPS) is 18.3. The predicted molar refractivity (Wildman–Crippen MR) is 122 cm³/mol. The molecule has 1 heterocycles. The second-order valence-electron chi connectivity index (χ2n) is 7.94. The van der Waals surface area contributed by atoms with Crippen molar-refractivity contribution in [3.8, 4) is 0 Å². The van der Waals surface area contributed by atoms with Crippen LogP contribution in [0.1, 0.15) is 42.7 Å². The van der Waals surface area contributed by atoms with Gasteiger partial charge in [-0.25, -0.2) is 0 Å². The number of hydrogen-bond donors (Lipinski definition) is 0. The average Bonchev–Trinajstić information content (AvgIpc) is 3.11. The number of benzene rings is 2. The molecule has 0 spiro atoms. The molecule has 1 saturated heterocycles.